The maximum atomic E-state index is 12.9. The highest BCUT2D eigenvalue weighted by Gasteiger charge is 2.16. The molecule has 32 heavy (non-hydrogen) atoms. The van der Waals surface area contributed by atoms with E-state index < -0.39 is 11.8 Å². The van der Waals surface area contributed by atoms with Gasteiger partial charge in [0.15, 0.2) is 0 Å². The molecular formula is C24H22N4O4. The first-order chi connectivity index (χ1) is 15.6. The van der Waals surface area contributed by atoms with E-state index in [0.29, 0.717) is 28.2 Å². The largest absolute Gasteiger partial charge is 0.497 e. The van der Waals surface area contributed by atoms with Crippen molar-refractivity contribution in [2.75, 3.05) is 14.2 Å². The zero-order valence-electron chi connectivity index (χ0n) is 17.6. The Labute approximate surface area is 185 Å². The van der Waals surface area contributed by atoms with E-state index in [4.69, 9.17) is 9.47 Å². The van der Waals surface area contributed by atoms with E-state index in [1.54, 1.807) is 73.1 Å². The minimum atomic E-state index is -0.612. The first kappa shape index (κ1) is 22.2. The number of carbonyl (C=O) groups is 2. The predicted molar refractivity (Wildman–Crippen MR) is 121 cm³/mol. The number of carbonyl (C=O) groups excluding carboxylic acids is 2. The van der Waals surface area contributed by atoms with Crippen molar-refractivity contribution in [2.24, 2.45) is 5.10 Å². The molecule has 8 heteroatoms. The Kier molecular flexibility index (Phi) is 7.69. The van der Waals surface area contributed by atoms with Crippen LogP contribution in [0.1, 0.15) is 21.5 Å². The van der Waals surface area contributed by atoms with Gasteiger partial charge in [-0.05, 0) is 42.5 Å². The van der Waals surface area contributed by atoms with Gasteiger partial charge in [0.05, 0.1) is 20.4 Å². The van der Waals surface area contributed by atoms with Gasteiger partial charge in [-0.25, -0.2) is 5.43 Å². The number of nitrogens with zero attached hydrogens (tertiary/aromatic N) is 2. The van der Waals surface area contributed by atoms with Crippen LogP contribution in [0, 0.1) is 0 Å². The van der Waals surface area contributed by atoms with Gasteiger partial charge in [0.2, 0.25) is 0 Å². The lowest BCUT2D eigenvalue weighted by Crippen LogP contribution is -2.32. The first-order valence-electron chi connectivity index (χ1n) is 9.64. The minimum Gasteiger partial charge on any atom is -0.497 e. The van der Waals surface area contributed by atoms with Crippen molar-refractivity contribution in [3.05, 3.63) is 95.4 Å². The number of benzene rings is 2. The Morgan fingerprint density at radius 2 is 1.81 bits per heavy atom. The average Bonchev–Trinajstić information content (AvgIpc) is 2.84. The van der Waals surface area contributed by atoms with Crippen LogP contribution < -0.4 is 20.2 Å². The van der Waals surface area contributed by atoms with Crippen LogP contribution in [0.15, 0.2) is 83.9 Å². The highest BCUT2D eigenvalue weighted by atomic mass is 16.5. The fourth-order valence-electron chi connectivity index (χ4n) is 2.73. The molecule has 1 aromatic heterocycles. The molecule has 0 atom stereocenters. The van der Waals surface area contributed by atoms with Gasteiger partial charge in [-0.15, -0.1) is 0 Å². The topological polar surface area (TPSA) is 102 Å². The smallest absolute Gasteiger partial charge is 0.287 e. The van der Waals surface area contributed by atoms with Crippen molar-refractivity contribution in [1.29, 1.82) is 0 Å². The Balaban J connectivity index is 1.90. The van der Waals surface area contributed by atoms with Crippen molar-refractivity contribution in [3.8, 4) is 11.5 Å². The summed E-state index contributed by atoms with van der Waals surface area (Å²) in [5, 5.41) is 6.59. The molecule has 0 aliphatic rings. The second-order valence-corrected chi connectivity index (χ2v) is 6.47. The normalized spacial score (nSPS) is 11.1. The van der Waals surface area contributed by atoms with Crippen molar-refractivity contribution >= 4 is 24.1 Å². The Bertz CT molecular complexity index is 1130. The van der Waals surface area contributed by atoms with Gasteiger partial charge in [-0.1, -0.05) is 24.3 Å². The molecule has 1 heterocycles. The van der Waals surface area contributed by atoms with E-state index in [1.807, 2.05) is 0 Å². The summed E-state index contributed by atoms with van der Waals surface area (Å²) < 4.78 is 10.6. The van der Waals surface area contributed by atoms with Gasteiger partial charge in [0.25, 0.3) is 11.8 Å². The van der Waals surface area contributed by atoms with Crippen molar-refractivity contribution in [2.45, 2.75) is 0 Å². The zero-order valence-corrected chi connectivity index (χ0v) is 17.6. The number of aromatic nitrogens is 1. The molecule has 2 aromatic carbocycles. The molecule has 2 amide bonds. The van der Waals surface area contributed by atoms with Gasteiger partial charge in [-0.2, -0.15) is 5.10 Å². The maximum absolute atomic E-state index is 12.9. The third-order valence-electron chi connectivity index (χ3n) is 4.33. The van der Waals surface area contributed by atoms with E-state index in [2.05, 4.69) is 20.8 Å². The first-order valence-corrected chi connectivity index (χ1v) is 9.64. The standard InChI is InChI=1S/C24H22N4O4/c1-31-20-10-11-22(32-2)19(13-20)14-21(27-23(29)18-8-4-3-5-9-18)24(30)28-26-16-17-7-6-12-25-15-17/h3-16H,1-2H3,(H,27,29)(H,28,30)/b21-14-,26-16+. The molecule has 0 saturated carbocycles. The number of rotatable bonds is 8. The average molecular weight is 430 g/mol. The molecular weight excluding hydrogens is 408 g/mol. The van der Waals surface area contributed by atoms with E-state index in [0.717, 1.165) is 0 Å². The SMILES string of the molecule is COc1ccc(OC)c(/C=C(\NC(=O)c2ccccc2)C(=O)N/N=C/c2cccnc2)c1. The number of pyridine rings is 1. The third kappa shape index (κ3) is 6.02. The second kappa shape index (κ2) is 11.1. The molecule has 8 nitrogen and oxygen atoms in total. The molecule has 2 N–H and O–H groups in total. The fraction of sp³-hybridized carbons (Fsp3) is 0.0833. The van der Waals surface area contributed by atoms with Crippen LogP contribution in [0.2, 0.25) is 0 Å². The zero-order chi connectivity index (χ0) is 22.8. The van der Waals surface area contributed by atoms with Crippen LogP contribution in [0.25, 0.3) is 6.08 Å². The van der Waals surface area contributed by atoms with Crippen molar-refractivity contribution in [1.82, 2.24) is 15.7 Å². The summed E-state index contributed by atoms with van der Waals surface area (Å²) in [4.78, 5) is 29.5. The molecule has 3 rings (SSSR count). The number of hydrazone groups is 1. The summed E-state index contributed by atoms with van der Waals surface area (Å²) in [6.45, 7) is 0. The number of methoxy groups -OCH3 is 2. The van der Waals surface area contributed by atoms with Gasteiger partial charge >= 0.3 is 0 Å². The molecule has 0 spiro atoms. The van der Waals surface area contributed by atoms with Gasteiger partial charge in [0, 0.05) is 29.1 Å². The molecule has 0 aliphatic heterocycles. The monoisotopic (exact) mass is 430 g/mol. The van der Waals surface area contributed by atoms with Gasteiger partial charge in [0.1, 0.15) is 17.2 Å². The molecule has 3 aromatic rings. The second-order valence-electron chi connectivity index (χ2n) is 6.47. The number of ether oxygens (including phenoxy) is 2. The molecule has 0 radical (unpaired) electrons. The lowest BCUT2D eigenvalue weighted by Gasteiger charge is -2.11. The maximum Gasteiger partial charge on any atom is 0.287 e. The fourth-order valence-corrected chi connectivity index (χ4v) is 2.73. The Hall–Kier alpha value is -4.46. The lowest BCUT2D eigenvalue weighted by molar-refractivity contribution is -0.117. The van der Waals surface area contributed by atoms with Gasteiger partial charge < -0.3 is 14.8 Å². The Morgan fingerprint density at radius 3 is 2.50 bits per heavy atom. The number of hydrogen-bond acceptors (Lipinski definition) is 6. The van der Waals surface area contributed by atoms with E-state index in [1.165, 1.54) is 26.5 Å². The summed E-state index contributed by atoms with van der Waals surface area (Å²) >= 11 is 0. The predicted octanol–water partition coefficient (Wildman–Crippen LogP) is 3.02. The Morgan fingerprint density at radius 1 is 1.00 bits per heavy atom. The quantitative estimate of drug-likeness (QED) is 0.325. The molecule has 0 fully saturated rings. The summed E-state index contributed by atoms with van der Waals surface area (Å²) in [6.07, 6.45) is 6.19. The lowest BCUT2D eigenvalue weighted by atomic mass is 10.1. The molecule has 0 bridgehead atoms. The number of amides is 2. The molecule has 0 aliphatic carbocycles. The molecule has 0 saturated heterocycles. The van der Waals surface area contributed by atoms with Crippen LogP contribution in [0.5, 0.6) is 11.5 Å². The van der Waals surface area contributed by atoms with E-state index >= 15 is 0 Å². The van der Waals surface area contributed by atoms with Gasteiger partial charge in [-0.3, -0.25) is 14.6 Å². The van der Waals surface area contributed by atoms with Crippen LogP contribution in [-0.4, -0.2) is 37.2 Å². The highest BCUT2D eigenvalue weighted by molar-refractivity contribution is 6.05. The van der Waals surface area contributed by atoms with Crippen LogP contribution in [-0.2, 0) is 4.79 Å². The third-order valence-corrected chi connectivity index (χ3v) is 4.33. The van der Waals surface area contributed by atoms with Crippen molar-refractivity contribution in [3.63, 3.8) is 0 Å². The minimum absolute atomic E-state index is 0.0197. The van der Waals surface area contributed by atoms with Crippen LogP contribution in [0.3, 0.4) is 0 Å². The van der Waals surface area contributed by atoms with Crippen LogP contribution in [0.4, 0.5) is 0 Å². The summed E-state index contributed by atoms with van der Waals surface area (Å²) in [5.74, 6) is 0.0223. The molecule has 162 valence electrons. The summed E-state index contributed by atoms with van der Waals surface area (Å²) in [7, 11) is 3.05. The number of nitrogens with one attached hydrogen (secondary N) is 2. The highest BCUT2D eigenvalue weighted by Crippen LogP contribution is 2.26. The summed E-state index contributed by atoms with van der Waals surface area (Å²) in [6, 6.07) is 17.3. The van der Waals surface area contributed by atoms with E-state index in [9.17, 15) is 9.59 Å². The summed E-state index contributed by atoms with van der Waals surface area (Å²) in [5.41, 5.74) is 4.06. The van der Waals surface area contributed by atoms with Crippen LogP contribution >= 0.6 is 0 Å². The molecule has 0 unspecified atom stereocenters. The number of hydrogen-bond donors (Lipinski definition) is 2. The van der Waals surface area contributed by atoms with Crippen molar-refractivity contribution < 1.29 is 19.1 Å². The van der Waals surface area contributed by atoms with E-state index in [-0.39, 0.29) is 5.70 Å².